The van der Waals surface area contributed by atoms with E-state index >= 15 is 0 Å². The van der Waals surface area contributed by atoms with Crippen LogP contribution in [0.2, 0.25) is 0 Å². The number of carboxylic acids is 3. The molecule has 3 amide bonds. The van der Waals surface area contributed by atoms with E-state index in [1.54, 1.807) is 36.4 Å². The number of halogens is 4. The Morgan fingerprint density at radius 1 is 0.583 bits per heavy atom. The molecule has 4 rings (SSSR count). The van der Waals surface area contributed by atoms with Crippen LogP contribution in [0.5, 0.6) is 0 Å². The molecule has 6 N–H and O–H groups in total. The van der Waals surface area contributed by atoms with Gasteiger partial charge in [0.1, 0.15) is 60.3 Å². The lowest BCUT2D eigenvalue weighted by molar-refractivity contribution is -0.147. The van der Waals surface area contributed by atoms with Gasteiger partial charge in [0, 0.05) is 17.5 Å². The second-order valence-electron chi connectivity index (χ2n) is 13.5. The van der Waals surface area contributed by atoms with Gasteiger partial charge in [0.15, 0.2) is 5.78 Å². The van der Waals surface area contributed by atoms with Gasteiger partial charge in [-0.05, 0) is 47.7 Å². The second kappa shape index (κ2) is 22.7. The number of carbonyl (C=O) groups is 7. The van der Waals surface area contributed by atoms with Crippen molar-refractivity contribution in [1.82, 2.24) is 16.0 Å². The fourth-order valence-corrected chi connectivity index (χ4v) is 5.71. The third-order valence-corrected chi connectivity index (χ3v) is 8.50. The van der Waals surface area contributed by atoms with Crippen molar-refractivity contribution < 1.29 is 71.2 Å². The van der Waals surface area contributed by atoms with Crippen LogP contribution in [-0.2, 0) is 46.5 Å². The molecule has 4 aromatic rings. The average molecular weight is 840 g/mol. The number of hydrogen-bond donors (Lipinski definition) is 6. The molecule has 0 fully saturated rings. The summed E-state index contributed by atoms with van der Waals surface area (Å²) in [5.41, 5.74) is -0.863. The van der Waals surface area contributed by atoms with Crippen LogP contribution in [0.4, 0.5) is 22.4 Å². The first kappa shape index (κ1) is 47.3. The molecule has 0 radical (unpaired) electrons. The van der Waals surface area contributed by atoms with Gasteiger partial charge in [-0.3, -0.25) is 24.0 Å². The van der Waals surface area contributed by atoms with Gasteiger partial charge in [0.2, 0.25) is 11.8 Å². The maximum absolute atomic E-state index is 13.9. The average Bonchev–Trinajstić information content (AvgIpc) is 3.19. The van der Waals surface area contributed by atoms with Crippen LogP contribution in [0.15, 0.2) is 97.1 Å². The van der Waals surface area contributed by atoms with E-state index in [0.717, 1.165) is 23.3 Å². The van der Waals surface area contributed by atoms with Crippen LogP contribution in [0.3, 0.4) is 0 Å². The molecule has 60 heavy (non-hydrogen) atoms. The number of amides is 3. The summed E-state index contributed by atoms with van der Waals surface area (Å²) in [4.78, 5) is 84.1. The molecule has 0 aromatic heterocycles. The molecule has 4 aromatic carbocycles. The lowest BCUT2D eigenvalue weighted by Crippen LogP contribution is -2.54. The fraction of sp³-hybridized carbons (Fsp3) is 0.262. The van der Waals surface area contributed by atoms with Crippen LogP contribution in [0.25, 0.3) is 0 Å². The van der Waals surface area contributed by atoms with Crippen LogP contribution < -0.4 is 16.0 Å². The topological polar surface area (TPSA) is 225 Å². The van der Waals surface area contributed by atoms with E-state index in [1.807, 2.05) is 38.1 Å². The van der Waals surface area contributed by atoms with Crippen LogP contribution in [0.1, 0.15) is 54.4 Å². The van der Waals surface area contributed by atoms with Crippen molar-refractivity contribution >= 4 is 41.6 Å². The Morgan fingerprint density at radius 2 is 1.03 bits per heavy atom. The Hall–Kier alpha value is -7.11. The minimum Gasteiger partial charge on any atom is -0.480 e. The SMILES string of the molecule is CC(C)C[C@H](NC(=O)CNC(=O)OCc1ccccc1)C(=O)N[C@@H](Cc1ccccc1)C(=O)O.O=C(O)C(C(=O)C(C(=O)O)c1c(F)cccc1F)c1c(F)cccc1F. The van der Waals surface area contributed by atoms with Gasteiger partial charge in [-0.25, -0.2) is 27.2 Å². The zero-order valence-corrected chi connectivity index (χ0v) is 32.1. The monoisotopic (exact) mass is 839 g/mol. The van der Waals surface area contributed by atoms with Crippen molar-refractivity contribution in [2.45, 2.75) is 57.2 Å². The van der Waals surface area contributed by atoms with E-state index in [1.165, 1.54) is 0 Å². The number of nitrogens with one attached hydrogen (secondary N) is 3. The predicted molar refractivity (Wildman–Crippen MR) is 204 cm³/mol. The third kappa shape index (κ3) is 14.1. The Labute approximate surface area is 340 Å². The fourth-order valence-electron chi connectivity index (χ4n) is 5.71. The van der Waals surface area contributed by atoms with E-state index in [2.05, 4.69) is 16.0 Å². The van der Waals surface area contributed by atoms with Gasteiger partial charge in [-0.2, -0.15) is 0 Å². The summed E-state index contributed by atoms with van der Waals surface area (Å²) in [6.07, 6.45) is -0.357. The molecule has 18 heteroatoms. The molecular weight excluding hydrogens is 798 g/mol. The summed E-state index contributed by atoms with van der Waals surface area (Å²) in [5, 5.41) is 35.4. The summed E-state index contributed by atoms with van der Waals surface area (Å²) in [6, 6.07) is 20.4. The number of benzene rings is 4. The first-order valence-corrected chi connectivity index (χ1v) is 18.1. The molecule has 0 saturated carbocycles. The zero-order valence-electron chi connectivity index (χ0n) is 32.1. The minimum atomic E-state index is -2.61. The Bertz CT molecular complexity index is 2050. The quantitative estimate of drug-likeness (QED) is 0.0571. The third-order valence-electron chi connectivity index (χ3n) is 8.50. The first-order valence-electron chi connectivity index (χ1n) is 18.1. The van der Waals surface area contributed by atoms with Crippen molar-refractivity contribution in [2.75, 3.05) is 6.54 Å². The Morgan fingerprint density at radius 3 is 1.45 bits per heavy atom. The highest BCUT2D eigenvalue weighted by molar-refractivity contribution is 6.14. The van der Waals surface area contributed by atoms with Crippen LogP contribution >= 0.6 is 0 Å². The van der Waals surface area contributed by atoms with Crippen molar-refractivity contribution in [3.05, 3.63) is 143 Å². The molecule has 0 aliphatic heterocycles. The molecule has 0 spiro atoms. The number of Topliss-reactive ketones (excluding diaryl/α,β-unsaturated/α-hetero) is 1. The maximum Gasteiger partial charge on any atom is 0.407 e. The molecule has 2 unspecified atom stereocenters. The van der Waals surface area contributed by atoms with E-state index in [-0.39, 0.29) is 25.5 Å². The van der Waals surface area contributed by atoms with Crippen molar-refractivity contribution in [3.8, 4) is 0 Å². The summed E-state index contributed by atoms with van der Waals surface area (Å²) in [5.74, 6) is -19.1. The molecular formula is C42H41F4N3O11. The van der Waals surface area contributed by atoms with Crippen LogP contribution in [0, 0.1) is 29.2 Å². The number of carbonyl (C=O) groups excluding carboxylic acids is 4. The van der Waals surface area contributed by atoms with E-state index in [9.17, 15) is 66.4 Å². The molecule has 0 bridgehead atoms. The van der Waals surface area contributed by atoms with E-state index in [4.69, 9.17) is 4.74 Å². The zero-order chi connectivity index (χ0) is 44.5. The standard InChI is InChI=1S/C25H31N3O6.C17H10F4O5/c1-17(2)13-20(23(30)28-21(24(31)32)14-18-9-5-3-6-10-18)27-22(29)15-26-25(33)34-16-19-11-7-4-8-12-19;18-7-3-1-4-8(19)11(7)13(16(23)24)15(22)14(17(25)26)12-9(20)5-2-6-10(12)21/h3-12,17,20-21H,13-16H2,1-2H3,(H,26,33)(H,27,29)(H,28,30)(H,31,32);1-6,13-14H,(H,23,24)(H,25,26)/t20-,21-;/m0./s1. The van der Waals surface area contributed by atoms with Crippen molar-refractivity contribution in [1.29, 1.82) is 0 Å². The van der Waals surface area contributed by atoms with Crippen molar-refractivity contribution in [3.63, 3.8) is 0 Å². The highest BCUT2D eigenvalue weighted by Crippen LogP contribution is 2.33. The number of carboxylic acid groups (broad SMARTS) is 3. The maximum atomic E-state index is 13.9. The van der Waals surface area contributed by atoms with Gasteiger partial charge < -0.3 is 36.0 Å². The molecule has 0 aliphatic rings. The summed E-state index contributed by atoms with van der Waals surface area (Å²) < 4.78 is 60.6. The second-order valence-corrected chi connectivity index (χ2v) is 13.5. The van der Waals surface area contributed by atoms with E-state index < -0.39 is 99.9 Å². The largest absolute Gasteiger partial charge is 0.480 e. The minimum absolute atomic E-state index is 0.0530. The number of ketones is 1. The van der Waals surface area contributed by atoms with Gasteiger partial charge in [-0.15, -0.1) is 0 Å². The highest BCUT2D eigenvalue weighted by atomic mass is 19.1. The summed E-state index contributed by atoms with van der Waals surface area (Å²) >= 11 is 0. The highest BCUT2D eigenvalue weighted by Gasteiger charge is 2.43. The molecule has 0 saturated heterocycles. The molecule has 318 valence electrons. The first-order chi connectivity index (χ1) is 28.4. The smallest absolute Gasteiger partial charge is 0.407 e. The van der Waals surface area contributed by atoms with Gasteiger partial charge in [-0.1, -0.05) is 86.6 Å². The Kier molecular flexibility index (Phi) is 17.9. The summed E-state index contributed by atoms with van der Waals surface area (Å²) in [7, 11) is 0. The van der Waals surface area contributed by atoms with Gasteiger partial charge in [0.05, 0.1) is 0 Å². The van der Waals surface area contributed by atoms with Crippen molar-refractivity contribution in [2.24, 2.45) is 5.92 Å². The molecule has 0 heterocycles. The number of alkyl carbamates (subject to hydrolysis) is 1. The van der Waals surface area contributed by atoms with Crippen LogP contribution in [-0.4, -0.2) is 75.5 Å². The predicted octanol–water partition coefficient (Wildman–Crippen LogP) is 5.10. The number of aliphatic carboxylic acids is 3. The lowest BCUT2D eigenvalue weighted by Gasteiger charge is -2.23. The lowest BCUT2D eigenvalue weighted by atomic mass is 9.83. The van der Waals surface area contributed by atoms with Gasteiger partial charge in [0.25, 0.3) is 0 Å². The molecule has 14 nitrogen and oxygen atoms in total. The normalized spacial score (nSPS) is 12.7. The summed E-state index contributed by atoms with van der Waals surface area (Å²) in [6.45, 7) is 3.43. The van der Waals surface area contributed by atoms with Gasteiger partial charge >= 0.3 is 24.0 Å². The Balaban J connectivity index is 0.000000332. The molecule has 4 atom stereocenters. The molecule has 0 aliphatic carbocycles. The number of hydrogen-bond acceptors (Lipinski definition) is 8. The number of rotatable bonds is 18. The number of ether oxygens (including phenoxy) is 1. The van der Waals surface area contributed by atoms with E-state index in [0.29, 0.717) is 30.7 Å².